The highest BCUT2D eigenvalue weighted by Gasteiger charge is 2.08. The second kappa shape index (κ2) is 3.58. The van der Waals surface area contributed by atoms with Crippen molar-refractivity contribution in [2.24, 2.45) is 0 Å². The van der Waals surface area contributed by atoms with Crippen molar-refractivity contribution in [3.63, 3.8) is 0 Å². The van der Waals surface area contributed by atoms with E-state index in [1.807, 2.05) is 13.8 Å². The van der Waals surface area contributed by atoms with Gasteiger partial charge in [-0.25, -0.2) is 4.98 Å². The van der Waals surface area contributed by atoms with E-state index >= 15 is 0 Å². The first-order valence-corrected chi connectivity index (χ1v) is 5.26. The van der Waals surface area contributed by atoms with Crippen LogP contribution in [-0.4, -0.2) is 4.98 Å². The molecular formula is C7H6BrClIN. The van der Waals surface area contributed by atoms with Gasteiger partial charge in [-0.05, 0) is 57.9 Å². The van der Waals surface area contributed by atoms with Gasteiger partial charge < -0.3 is 0 Å². The first kappa shape index (κ1) is 9.74. The average molecular weight is 346 g/mol. The van der Waals surface area contributed by atoms with Gasteiger partial charge in [0.05, 0.1) is 10.2 Å². The van der Waals surface area contributed by atoms with Gasteiger partial charge in [0.1, 0.15) is 5.15 Å². The summed E-state index contributed by atoms with van der Waals surface area (Å²) in [6.07, 6.45) is 0. The molecule has 0 spiro atoms. The molecule has 0 saturated carbocycles. The lowest BCUT2D eigenvalue weighted by atomic mass is 10.2. The third kappa shape index (κ3) is 1.87. The number of rotatable bonds is 0. The Bertz CT molecular complexity index is 275. The number of aryl methyl sites for hydroxylation is 1. The second-order valence-electron chi connectivity index (χ2n) is 2.24. The van der Waals surface area contributed by atoms with Crippen molar-refractivity contribution in [1.82, 2.24) is 4.98 Å². The monoisotopic (exact) mass is 345 g/mol. The topological polar surface area (TPSA) is 12.9 Å². The largest absolute Gasteiger partial charge is 0.239 e. The molecule has 0 unspecified atom stereocenters. The fourth-order valence-electron chi connectivity index (χ4n) is 0.768. The van der Waals surface area contributed by atoms with Gasteiger partial charge in [-0.15, -0.1) is 0 Å². The molecule has 0 atom stereocenters. The summed E-state index contributed by atoms with van der Waals surface area (Å²) in [5.41, 5.74) is 2.14. The van der Waals surface area contributed by atoms with Crippen LogP contribution in [0, 0.1) is 17.4 Å². The van der Waals surface area contributed by atoms with Gasteiger partial charge in [0.25, 0.3) is 0 Å². The SMILES string of the molecule is Cc1nc(Cl)c(Br)c(C)c1I. The van der Waals surface area contributed by atoms with Crippen molar-refractivity contribution < 1.29 is 0 Å². The predicted octanol–water partition coefficient (Wildman–Crippen LogP) is 3.72. The maximum absolute atomic E-state index is 5.83. The van der Waals surface area contributed by atoms with Crippen molar-refractivity contribution in [2.45, 2.75) is 13.8 Å². The fraction of sp³-hybridized carbons (Fsp3) is 0.286. The van der Waals surface area contributed by atoms with Crippen LogP contribution < -0.4 is 0 Å². The fourth-order valence-corrected chi connectivity index (χ4v) is 2.08. The van der Waals surface area contributed by atoms with Gasteiger partial charge >= 0.3 is 0 Å². The highest BCUT2D eigenvalue weighted by molar-refractivity contribution is 14.1. The average Bonchev–Trinajstić information content (AvgIpc) is 1.97. The minimum absolute atomic E-state index is 0.542. The first-order chi connectivity index (χ1) is 5.04. The first-order valence-electron chi connectivity index (χ1n) is 3.01. The molecule has 0 bridgehead atoms. The molecule has 0 N–H and O–H groups in total. The number of hydrogen-bond donors (Lipinski definition) is 0. The van der Waals surface area contributed by atoms with Gasteiger partial charge in [-0.3, -0.25) is 0 Å². The molecule has 1 aromatic rings. The van der Waals surface area contributed by atoms with E-state index in [1.54, 1.807) is 0 Å². The zero-order valence-electron chi connectivity index (χ0n) is 6.08. The number of nitrogens with zero attached hydrogens (tertiary/aromatic N) is 1. The van der Waals surface area contributed by atoms with Gasteiger partial charge in [0.2, 0.25) is 0 Å². The van der Waals surface area contributed by atoms with Crippen molar-refractivity contribution in [3.05, 3.63) is 24.5 Å². The Morgan fingerprint density at radius 3 is 2.55 bits per heavy atom. The molecule has 1 aromatic heterocycles. The Morgan fingerprint density at radius 2 is 2.00 bits per heavy atom. The highest BCUT2D eigenvalue weighted by Crippen LogP contribution is 2.28. The van der Waals surface area contributed by atoms with Gasteiger partial charge in [-0.1, -0.05) is 11.6 Å². The molecule has 0 aliphatic carbocycles. The molecular weight excluding hydrogens is 340 g/mol. The highest BCUT2D eigenvalue weighted by atomic mass is 127. The van der Waals surface area contributed by atoms with E-state index < -0.39 is 0 Å². The molecule has 0 aliphatic heterocycles. The second-order valence-corrected chi connectivity index (χ2v) is 4.47. The van der Waals surface area contributed by atoms with Crippen LogP contribution in [0.2, 0.25) is 5.15 Å². The van der Waals surface area contributed by atoms with Crippen LogP contribution in [0.4, 0.5) is 0 Å². The zero-order valence-corrected chi connectivity index (χ0v) is 10.6. The van der Waals surface area contributed by atoms with Crippen molar-refractivity contribution in [2.75, 3.05) is 0 Å². The predicted molar refractivity (Wildman–Crippen MR) is 59.1 cm³/mol. The summed E-state index contributed by atoms with van der Waals surface area (Å²) in [5, 5.41) is 0.542. The molecule has 1 nitrogen and oxygen atoms in total. The Balaban J connectivity index is 3.46. The molecule has 1 rings (SSSR count). The molecule has 0 radical (unpaired) electrons. The lowest BCUT2D eigenvalue weighted by Crippen LogP contribution is -1.92. The van der Waals surface area contributed by atoms with E-state index in [2.05, 4.69) is 43.5 Å². The van der Waals surface area contributed by atoms with E-state index in [9.17, 15) is 0 Å². The third-order valence-electron chi connectivity index (χ3n) is 1.42. The van der Waals surface area contributed by atoms with Crippen molar-refractivity contribution >= 4 is 50.1 Å². The van der Waals surface area contributed by atoms with Gasteiger partial charge in [0, 0.05) is 3.57 Å². The summed E-state index contributed by atoms with van der Waals surface area (Å²) in [7, 11) is 0. The van der Waals surface area contributed by atoms with Crippen molar-refractivity contribution in [3.8, 4) is 0 Å². The van der Waals surface area contributed by atoms with E-state index in [1.165, 1.54) is 3.57 Å². The number of pyridine rings is 1. The molecule has 0 aromatic carbocycles. The van der Waals surface area contributed by atoms with E-state index in [4.69, 9.17) is 11.6 Å². The number of aromatic nitrogens is 1. The number of halogens is 3. The van der Waals surface area contributed by atoms with Gasteiger partial charge in [-0.2, -0.15) is 0 Å². The van der Waals surface area contributed by atoms with Crippen LogP contribution in [0.5, 0.6) is 0 Å². The van der Waals surface area contributed by atoms with Crippen LogP contribution in [-0.2, 0) is 0 Å². The summed E-state index contributed by atoms with van der Waals surface area (Å²) in [6.45, 7) is 3.97. The maximum Gasteiger partial charge on any atom is 0.143 e. The molecule has 1 heterocycles. The van der Waals surface area contributed by atoms with E-state index in [0.29, 0.717) is 5.15 Å². The summed E-state index contributed by atoms with van der Waals surface area (Å²) >= 11 is 11.5. The molecule has 60 valence electrons. The normalized spacial score (nSPS) is 10.3. The maximum atomic E-state index is 5.83. The quantitative estimate of drug-likeness (QED) is 0.515. The van der Waals surface area contributed by atoms with Crippen LogP contribution in [0.15, 0.2) is 4.47 Å². The Morgan fingerprint density at radius 1 is 1.45 bits per heavy atom. The Labute approximate surface area is 92.8 Å². The molecule has 0 aliphatic rings. The lowest BCUT2D eigenvalue weighted by Gasteiger charge is -2.05. The molecule has 0 fully saturated rings. The molecule has 0 saturated heterocycles. The van der Waals surface area contributed by atoms with Crippen LogP contribution in [0.3, 0.4) is 0 Å². The third-order valence-corrected chi connectivity index (χ3v) is 4.48. The summed E-state index contributed by atoms with van der Waals surface area (Å²) in [5.74, 6) is 0. The van der Waals surface area contributed by atoms with Gasteiger partial charge in [0.15, 0.2) is 0 Å². The van der Waals surface area contributed by atoms with E-state index in [-0.39, 0.29) is 0 Å². The Kier molecular flexibility index (Phi) is 3.17. The minimum atomic E-state index is 0.542. The molecule has 0 amide bonds. The smallest absolute Gasteiger partial charge is 0.143 e. The summed E-state index contributed by atoms with van der Waals surface area (Å²) in [4.78, 5) is 4.14. The lowest BCUT2D eigenvalue weighted by molar-refractivity contribution is 1.14. The summed E-state index contributed by atoms with van der Waals surface area (Å²) in [6, 6.07) is 0. The zero-order chi connectivity index (χ0) is 8.59. The standard InChI is InChI=1S/C7H6BrClIN/c1-3-5(8)7(9)11-4(2)6(3)10/h1-2H3. The molecule has 4 heteroatoms. The summed E-state index contributed by atoms with van der Waals surface area (Å²) < 4.78 is 2.06. The van der Waals surface area contributed by atoms with Crippen molar-refractivity contribution in [1.29, 1.82) is 0 Å². The Hall–Kier alpha value is 0.650. The van der Waals surface area contributed by atoms with Crippen LogP contribution in [0.25, 0.3) is 0 Å². The van der Waals surface area contributed by atoms with Crippen LogP contribution in [0.1, 0.15) is 11.3 Å². The number of hydrogen-bond acceptors (Lipinski definition) is 1. The van der Waals surface area contributed by atoms with E-state index in [0.717, 1.165) is 15.7 Å². The van der Waals surface area contributed by atoms with Crippen LogP contribution >= 0.6 is 50.1 Å². The minimum Gasteiger partial charge on any atom is -0.239 e. The molecule has 11 heavy (non-hydrogen) atoms.